The van der Waals surface area contributed by atoms with Crippen LogP contribution in [0.25, 0.3) is 0 Å². The topological polar surface area (TPSA) is 17.8 Å². The Kier molecular flexibility index (Phi) is 3.21. The fraction of sp³-hybridized carbons (Fsp3) is 0.750. The molecule has 0 saturated heterocycles. The summed E-state index contributed by atoms with van der Waals surface area (Å²) in [6.45, 7) is 13.8. The second kappa shape index (κ2) is 3.66. The van der Waals surface area contributed by atoms with Crippen LogP contribution in [0, 0.1) is 3.95 Å². The van der Waals surface area contributed by atoms with Gasteiger partial charge in [0, 0.05) is 0 Å². The molecule has 1 rings (SSSR count). The van der Waals surface area contributed by atoms with E-state index in [2.05, 4.69) is 43.6 Å². The first-order valence-electron chi connectivity index (χ1n) is 4.73. The van der Waals surface area contributed by atoms with Crippen molar-refractivity contribution in [3.8, 4) is 0 Å². The lowest BCUT2D eigenvalue weighted by Gasteiger charge is -2.16. The molecule has 0 N–H and O–H groups in total. The van der Waals surface area contributed by atoms with Crippen molar-refractivity contribution in [1.82, 2.24) is 9.45 Å². The standard InChI is InChI=1S/C8H18N2S2Si2/c1-13(2,3)7-9-10(8(11)12-7)14(4,5)6/h1-6H3. The van der Waals surface area contributed by atoms with Crippen LogP contribution in [0.3, 0.4) is 0 Å². The molecule has 0 unspecified atom stereocenters. The number of nitrogens with zero attached hydrogens (tertiary/aromatic N) is 2. The molecular weight excluding hydrogens is 244 g/mol. The molecular formula is C8H18N2S2Si2. The maximum absolute atomic E-state index is 5.37. The van der Waals surface area contributed by atoms with Crippen molar-refractivity contribution in [2.45, 2.75) is 39.3 Å². The summed E-state index contributed by atoms with van der Waals surface area (Å²) in [5.74, 6) is 0. The van der Waals surface area contributed by atoms with Gasteiger partial charge in [0.1, 0.15) is 8.07 Å². The first kappa shape index (κ1) is 12.3. The Morgan fingerprint density at radius 1 is 1.14 bits per heavy atom. The summed E-state index contributed by atoms with van der Waals surface area (Å²) in [5, 5.41) is 4.71. The monoisotopic (exact) mass is 262 g/mol. The van der Waals surface area contributed by atoms with Gasteiger partial charge in [0.2, 0.25) is 0 Å². The smallest absolute Gasteiger partial charge is 0.179 e. The van der Waals surface area contributed by atoms with Gasteiger partial charge < -0.3 is 0 Å². The van der Waals surface area contributed by atoms with E-state index in [0.717, 1.165) is 3.95 Å². The van der Waals surface area contributed by atoms with Gasteiger partial charge in [0.15, 0.2) is 12.2 Å². The van der Waals surface area contributed by atoms with Gasteiger partial charge in [-0.1, -0.05) is 31.0 Å². The summed E-state index contributed by atoms with van der Waals surface area (Å²) in [6, 6.07) is 0. The number of aromatic nitrogens is 2. The average Bonchev–Trinajstić information content (AvgIpc) is 2.27. The Labute approximate surface area is 97.1 Å². The maximum atomic E-state index is 5.37. The van der Waals surface area contributed by atoms with Crippen LogP contribution in [-0.4, -0.2) is 25.8 Å². The Bertz CT molecular complexity index is 381. The second-order valence-electron chi connectivity index (χ2n) is 5.51. The normalized spacial score (nSPS) is 13.3. The zero-order valence-corrected chi connectivity index (χ0v) is 13.3. The number of rotatable bonds is 2. The van der Waals surface area contributed by atoms with E-state index in [1.165, 1.54) is 4.63 Å². The van der Waals surface area contributed by atoms with Gasteiger partial charge in [-0.05, 0) is 31.9 Å². The highest BCUT2D eigenvalue weighted by atomic mass is 32.1. The molecule has 1 heterocycles. The van der Waals surface area contributed by atoms with Crippen LogP contribution >= 0.6 is 23.6 Å². The van der Waals surface area contributed by atoms with Crippen molar-refractivity contribution >= 4 is 44.5 Å². The molecule has 0 bridgehead atoms. The molecule has 0 aromatic carbocycles. The van der Waals surface area contributed by atoms with Crippen LogP contribution in [0.1, 0.15) is 0 Å². The molecule has 0 atom stereocenters. The minimum atomic E-state index is -1.40. The van der Waals surface area contributed by atoms with E-state index in [-0.39, 0.29) is 0 Å². The van der Waals surface area contributed by atoms with Crippen LogP contribution in [0.5, 0.6) is 0 Å². The number of hydrogen-bond donors (Lipinski definition) is 0. The van der Waals surface area contributed by atoms with Crippen LogP contribution in [0.2, 0.25) is 39.3 Å². The third kappa shape index (κ3) is 2.62. The van der Waals surface area contributed by atoms with E-state index in [1.54, 1.807) is 11.3 Å². The van der Waals surface area contributed by atoms with E-state index in [9.17, 15) is 0 Å². The van der Waals surface area contributed by atoms with Crippen molar-refractivity contribution in [3.05, 3.63) is 3.95 Å². The number of hydrogen-bond acceptors (Lipinski definition) is 3. The van der Waals surface area contributed by atoms with Crippen molar-refractivity contribution in [2.24, 2.45) is 0 Å². The fourth-order valence-electron chi connectivity index (χ4n) is 1.00. The van der Waals surface area contributed by atoms with E-state index >= 15 is 0 Å². The molecule has 6 heteroatoms. The Morgan fingerprint density at radius 2 is 1.64 bits per heavy atom. The average molecular weight is 263 g/mol. The van der Waals surface area contributed by atoms with Crippen LogP contribution in [0.4, 0.5) is 0 Å². The lowest BCUT2D eigenvalue weighted by molar-refractivity contribution is 0.934. The summed E-state index contributed by atoms with van der Waals surface area (Å²) in [4.78, 5) is 0. The van der Waals surface area contributed by atoms with Crippen molar-refractivity contribution < 1.29 is 0 Å². The van der Waals surface area contributed by atoms with Crippen LogP contribution in [0.15, 0.2) is 0 Å². The lowest BCUT2D eigenvalue weighted by Crippen LogP contribution is -2.41. The molecule has 0 radical (unpaired) electrons. The SMILES string of the molecule is C[Si](C)(C)c1nn([Si](C)(C)C)c(=S)s1. The Hall–Kier alpha value is 0.214. The molecule has 1 aromatic heterocycles. The summed E-state index contributed by atoms with van der Waals surface area (Å²) < 4.78 is 4.35. The van der Waals surface area contributed by atoms with Gasteiger partial charge >= 0.3 is 0 Å². The predicted molar refractivity (Wildman–Crippen MR) is 72.7 cm³/mol. The minimum Gasteiger partial charge on any atom is -0.277 e. The van der Waals surface area contributed by atoms with E-state index in [0.29, 0.717) is 0 Å². The molecule has 0 saturated carbocycles. The van der Waals surface area contributed by atoms with Gasteiger partial charge in [-0.2, -0.15) is 5.10 Å². The van der Waals surface area contributed by atoms with Crippen LogP contribution < -0.4 is 4.63 Å². The molecule has 0 aliphatic rings. The summed E-state index contributed by atoms with van der Waals surface area (Å²) in [5.41, 5.74) is 0. The molecule has 2 nitrogen and oxygen atoms in total. The van der Waals surface area contributed by atoms with Gasteiger partial charge in [0.25, 0.3) is 0 Å². The quantitative estimate of drug-likeness (QED) is 0.602. The maximum Gasteiger partial charge on any atom is 0.179 e. The Morgan fingerprint density at radius 3 is 1.86 bits per heavy atom. The van der Waals surface area contributed by atoms with Crippen molar-refractivity contribution in [3.63, 3.8) is 0 Å². The van der Waals surface area contributed by atoms with E-state index in [1.807, 2.05) is 0 Å². The molecule has 80 valence electrons. The predicted octanol–water partition coefficient (Wildman–Crippen LogP) is 2.90. The molecule has 0 spiro atoms. The summed E-state index contributed by atoms with van der Waals surface area (Å²) >= 11 is 7.08. The lowest BCUT2D eigenvalue weighted by atomic mass is 11.5. The van der Waals surface area contributed by atoms with Crippen molar-refractivity contribution in [2.75, 3.05) is 0 Å². The molecule has 0 aliphatic heterocycles. The first-order valence-corrected chi connectivity index (χ1v) is 12.9. The van der Waals surface area contributed by atoms with Crippen LogP contribution in [-0.2, 0) is 0 Å². The molecule has 0 aliphatic carbocycles. The third-order valence-electron chi connectivity index (χ3n) is 1.82. The highest BCUT2D eigenvalue weighted by molar-refractivity contribution is 7.73. The fourth-order valence-corrected chi connectivity index (χ4v) is 6.73. The van der Waals surface area contributed by atoms with Crippen molar-refractivity contribution in [1.29, 1.82) is 0 Å². The van der Waals surface area contributed by atoms with Gasteiger partial charge in [-0.25, -0.2) is 0 Å². The highest BCUT2D eigenvalue weighted by Crippen LogP contribution is 2.12. The van der Waals surface area contributed by atoms with Gasteiger partial charge in [-0.15, -0.1) is 0 Å². The summed E-state index contributed by atoms with van der Waals surface area (Å²) in [7, 11) is -2.68. The minimum absolute atomic E-state index is 0.960. The zero-order chi connectivity index (χ0) is 11.1. The second-order valence-corrected chi connectivity index (χ2v) is 17.2. The zero-order valence-electron chi connectivity index (χ0n) is 9.71. The van der Waals surface area contributed by atoms with Gasteiger partial charge in [0.05, 0.1) is 4.63 Å². The Balaban J connectivity index is 3.26. The molecule has 0 amide bonds. The first-order chi connectivity index (χ1) is 6.12. The molecule has 14 heavy (non-hydrogen) atoms. The summed E-state index contributed by atoms with van der Waals surface area (Å²) in [6.07, 6.45) is 0. The van der Waals surface area contributed by atoms with Gasteiger partial charge in [-0.3, -0.25) is 4.35 Å². The third-order valence-corrected chi connectivity index (χ3v) is 8.32. The highest BCUT2D eigenvalue weighted by Gasteiger charge is 2.26. The largest absolute Gasteiger partial charge is 0.277 e. The van der Waals surface area contributed by atoms with E-state index < -0.39 is 16.3 Å². The van der Waals surface area contributed by atoms with E-state index in [4.69, 9.17) is 17.3 Å². The molecule has 0 fully saturated rings. The molecule has 1 aromatic rings.